The van der Waals surface area contributed by atoms with Crippen LogP contribution >= 0.6 is 11.6 Å². The zero-order chi connectivity index (χ0) is 29.1. The predicted octanol–water partition coefficient (Wildman–Crippen LogP) is 8.46. The molecule has 0 saturated heterocycles. The van der Waals surface area contributed by atoms with Crippen LogP contribution < -0.4 is 24.8 Å². The van der Waals surface area contributed by atoms with Crippen molar-refractivity contribution in [1.82, 2.24) is 0 Å². The van der Waals surface area contributed by atoms with Crippen LogP contribution in [0.2, 0.25) is 5.02 Å². The number of hydrogen-bond donors (Lipinski definition) is 2. The molecular weight excluding hydrogens is 536 g/mol. The lowest BCUT2D eigenvalue weighted by Gasteiger charge is -2.33. The summed E-state index contributed by atoms with van der Waals surface area (Å²) in [6.45, 7) is 7.01. The van der Waals surface area contributed by atoms with E-state index in [1.807, 2.05) is 30.3 Å². The Morgan fingerprint density at radius 2 is 1.66 bits per heavy atom. The summed E-state index contributed by atoms with van der Waals surface area (Å²) in [7, 11) is 3.28. The molecule has 0 aromatic heterocycles. The van der Waals surface area contributed by atoms with Gasteiger partial charge in [-0.2, -0.15) is 0 Å². The van der Waals surface area contributed by atoms with Crippen LogP contribution in [-0.2, 0) is 6.54 Å². The van der Waals surface area contributed by atoms with Crippen LogP contribution in [0, 0.1) is 0 Å². The summed E-state index contributed by atoms with van der Waals surface area (Å²) in [6.07, 6.45) is 2.25. The van der Waals surface area contributed by atoms with Gasteiger partial charge in [0.2, 0.25) is 0 Å². The molecule has 1 aliphatic rings. The number of para-hydroxylation sites is 2. The van der Waals surface area contributed by atoms with Crippen molar-refractivity contribution in [2.75, 3.05) is 24.9 Å². The second kappa shape index (κ2) is 11.6. The van der Waals surface area contributed by atoms with Gasteiger partial charge < -0.3 is 24.8 Å². The highest BCUT2D eigenvalue weighted by Crippen LogP contribution is 2.43. The molecule has 0 amide bonds. The number of rotatable bonds is 8. The topological polar surface area (TPSA) is 68.8 Å². The summed E-state index contributed by atoms with van der Waals surface area (Å²) in [5, 5.41) is 7.71. The number of hydrogen-bond acceptors (Lipinski definition) is 6. The largest absolute Gasteiger partial charge is 0.496 e. The number of methoxy groups -OCH3 is 2. The number of allylic oxidation sites excluding steroid dienone is 1. The summed E-state index contributed by atoms with van der Waals surface area (Å²) in [4.78, 5) is 12.7. The van der Waals surface area contributed by atoms with Crippen molar-refractivity contribution in [2.45, 2.75) is 32.9 Å². The fourth-order valence-electron chi connectivity index (χ4n) is 5.35. The highest BCUT2D eigenvalue weighted by atomic mass is 35.5. The number of carbonyl (C=O) groups excluding carboxylic acids is 1. The lowest BCUT2D eigenvalue weighted by atomic mass is 9.85. The van der Waals surface area contributed by atoms with Crippen LogP contribution in [0.1, 0.15) is 42.3 Å². The molecule has 1 aliphatic heterocycles. The number of fused-ring (bicyclic) bond motifs is 1. The fourth-order valence-corrected chi connectivity index (χ4v) is 5.54. The number of benzene rings is 4. The van der Waals surface area contributed by atoms with Gasteiger partial charge in [-0.1, -0.05) is 41.9 Å². The van der Waals surface area contributed by atoms with E-state index in [9.17, 15) is 4.79 Å². The average Bonchev–Trinajstić information content (AvgIpc) is 2.95. The number of carbonyl (C=O) groups is 1. The molecule has 5 rings (SSSR count). The molecule has 0 radical (unpaired) electrons. The van der Waals surface area contributed by atoms with E-state index in [-0.39, 0.29) is 5.54 Å². The normalized spacial score (nSPS) is 13.4. The van der Waals surface area contributed by atoms with Crippen LogP contribution in [0.5, 0.6) is 17.2 Å². The van der Waals surface area contributed by atoms with Gasteiger partial charge in [0.1, 0.15) is 17.2 Å². The van der Waals surface area contributed by atoms with E-state index in [1.165, 1.54) is 5.57 Å². The Morgan fingerprint density at radius 1 is 0.902 bits per heavy atom. The minimum absolute atomic E-state index is 0.169. The van der Waals surface area contributed by atoms with Gasteiger partial charge in [-0.3, -0.25) is 0 Å². The number of esters is 1. The second-order valence-electron chi connectivity index (χ2n) is 10.5. The molecule has 6 nitrogen and oxygen atoms in total. The Hall–Kier alpha value is -4.42. The molecule has 4 aromatic rings. The molecule has 7 heteroatoms. The van der Waals surface area contributed by atoms with E-state index in [4.69, 9.17) is 25.8 Å². The van der Waals surface area contributed by atoms with Gasteiger partial charge in [-0.05, 0) is 86.0 Å². The fraction of sp³-hybridized carbons (Fsp3) is 0.206. The Bertz CT molecular complexity index is 1640. The van der Waals surface area contributed by atoms with Gasteiger partial charge in [0.05, 0.1) is 31.0 Å². The van der Waals surface area contributed by atoms with E-state index in [1.54, 1.807) is 50.6 Å². The highest BCUT2D eigenvalue weighted by Gasteiger charge is 2.27. The Morgan fingerprint density at radius 3 is 2.41 bits per heavy atom. The van der Waals surface area contributed by atoms with Crippen molar-refractivity contribution in [1.29, 1.82) is 0 Å². The molecule has 0 fully saturated rings. The third-order valence-corrected chi connectivity index (χ3v) is 7.27. The van der Waals surface area contributed by atoms with Gasteiger partial charge in [-0.15, -0.1) is 0 Å². The molecule has 210 valence electrons. The summed E-state index contributed by atoms with van der Waals surface area (Å²) >= 11 is 6.05. The molecule has 0 spiro atoms. The summed E-state index contributed by atoms with van der Waals surface area (Å²) < 4.78 is 17.1. The Labute approximate surface area is 245 Å². The van der Waals surface area contributed by atoms with Crippen LogP contribution in [0.3, 0.4) is 0 Å². The highest BCUT2D eigenvalue weighted by molar-refractivity contribution is 6.30. The molecule has 4 aromatic carbocycles. The van der Waals surface area contributed by atoms with E-state index in [0.29, 0.717) is 28.6 Å². The first kappa shape index (κ1) is 28.1. The smallest absolute Gasteiger partial charge is 0.343 e. The zero-order valence-corrected chi connectivity index (χ0v) is 24.6. The first-order valence-electron chi connectivity index (χ1n) is 13.4. The number of ether oxygens (including phenoxy) is 3. The van der Waals surface area contributed by atoms with Crippen molar-refractivity contribution >= 4 is 34.5 Å². The van der Waals surface area contributed by atoms with Gasteiger partial charge in [0.15, 0.2) is 0 Å². The zero-order valence-electron chi connectivity index (χ0n) is 23.8. The minimum atomic E-state index is -0.493. The van der Waals surface area contributed by atoms with Crippen molar-refractivity contribution in [3.05, 3.63) is 107 Å². The number of halogens is 1. The standard InChI is InChI=1S/C34H33ClN2O4/c1-21-19-34(2,3)37-29-16-15-25(27(32(21)29)20-36-28-11-6-7-12-30(28)39-4)26-14-13-24(18-31(26)40-5)41-33(38)22-9-8-10-23(35)17-22/h6-19,36-37H,20H2,1-5H3. The lowest BCUT2D eigenvalue weighted by Crippen LogP contribution is -2.32. The maximum Gasteiger partial charge on any atom is 0.343 e. The van der Waals surface area contributed by atoms with Crippen LogP contribution in [0.15, 0.2) is 84.9 Å². The van der Waals surface area contributed by atoms with E-state index >= 15 is 0 Å². The minimum Gasteiger partial charge on any atom is -0.496 e. The molecule has 41 heavy (non-hydrogen) atoms. The van der Waals surface area contributed by atoms with E-state index in [2.05, 4.69) is 49.6 Å². The van der Waals surface area contributed by atoms with E-state index < -0.39 is 5.97 Å². The molecule has 1 heterocycles. The quantitative estimate of drug-likeness (QED) is 0.164. The molecule has 0 atom stereocenters. The van der Waals surface area contributed by atoms with Gasteiger partial charge in [0.25, 0.3) is 0 Å². The van der Waals surface area contributed by atoms with Crippen molar-refractivity contribution in [3.8, 4) is 28.4 Å². The van der Waals surface area contributed by atoms with Crippen LogP contribution in [0.25, 0.3) is 16.7 Å². The van der Waals surface area contributed by atoms with Crippen molar-refractivity contribution in [3.63, 3.8) is 0 Å². The van der Waals surface area contributed by atoms with Gasteiger partial charge >= 0.3 is 5.97 Å². The first-order chi connectivity index (χ1) is 19.7. The maximum atomic E-state index is 12.7. The predicted molar refractivity (Wildman–Crippen MR) is 167 cm³/mol. The van der Waals surface area contributed by atoms with Crippen molar-refractivity contribution < 1.29 is 19.0 Å². The van der Waals surface area contributed by atoms with E-state index in [0.717, 1.165) is 39.4 Å². The third kappa shape index (κ3) is 6.03. The monoisotopic (exact) mass is 568 g/mol. The maximum absolute atomic E-state index is 12.7. The van der Waals surface area contributed by atoms with Crippen LogP contribution in [-0.4, -0.2) is 25.7 Å². The van der Waals surface area contributed by atoms with Gasteiger partial charge in [-0.25, -0.2) is 4.79 Å². The lowest BCUT2D eigenvalue weighted by molar-refractivity contribution is 0.0734. The van der Waals surface area contributed by atoms with Crippen molar-refractivity contribution in [2.24, 2.45) is 0 Å². The summed E-state index contributed by atoms with van der Waals surface area (Å²) in [5.41, 5.74) is 7.50. The third-order valence-electron chi connectivity index (χ3n) is 7.04. The molecular formula is C34H33ClN2O4. The first-order valence-corrected chi connectivity index (χ1v) is 13.7. The molecule has 0 saturated carbocycles. The molecule has 0 bridgehead atoms. The van der Waals surface area contributed by atoms with Crippen LogP contribution in [0.4, 0.5) is 11.4 Å². The Balaban J connectivity index is 1.55. The molecule has 2 N–H and O–H groups in total. The molecule has 0 unspecified atom stereocenters. The SMILES string of the molecule is COc1ccccc1NCc1c(-c2ccc(OC(=O)c3cccc(Cl)c3)cc2OC)ccc2c1C(C)=CC(C)(C)N2. The summed E-state index contributed by atoms with van der Waals surface area (Å²) in [5.74, 6) is 1.24. The summed E-state index contributed by atoms with van der Waals surface area (Å²) in [6, 6.07) is 24.2. The Kier molecular flexibility index (Phi) is 7.95. The van der Waals surface area contributed by atoms with Gasteiger partial charge in [0, 0.05) is 34.4 Å². The number of anilines is 2. The molecule has 0 aliphatic carbocycles. The average molecular weight is 569 g/mol. The number of nitrogens with one attached hydrogen (secondary N) is 2. The second-order valence-corrected chi connectivity index (χ2v) is 10.9.